The van der Waals surface area contributed by atoms with Crippen molar-refractivity contribution in [2.24, 2.45) is 0 Å². The summed E-state index contributed by atoms with van der Waals surface area (Å²) >= 11 is 1.27. The minimum atomic E-state index is -0.971. The quantitative estimate of drug-likeness (QED) is 0.863. The van der Waals surface area contributed by atoms with E-state index in [0.717, 1.165) is 0 Å². The summed E-state index contributed by atoms with van der Waals surface area (Å²) in [5.74, 6) is -0.396. The average Bonchev–Trinajstić information content (AvgIpc) is 2.77. The number of benzene rings is 1. The van der Waals surface area contributed by atoms with Gasteiger partial charge in [-0.15, -0.1) is 11.3 Å². The van der Waals surface area contributed by atoms with E-state index in [-0.39, 0.29) is 11.3 Å². The third kappa shape index (κ3) is 2.81. The fourth-order valence-electron chi connectivity index (χ4n) is 1.47. The van der Waals surface area contributed by atoms with Crippen molar-refractivity contribution in [1.82, 2.24) is 4.98 Å². The zero-order chi connectivity index (χ0) is 13.1. The number of nitrogens with zero attached hydrogens (tertiary/aromatic N) is 1. The lowest BCUT2D eigenvalue weighted by molar-refractivity contribution is 0.589. The van der Waals surface area contributed by atoms with Crippen molar-refractivity contribution in [3.63, 3.8) is 0 Å². The van der Waals surface area contributed by atoms with Crippen LogP contribution < -0.4 is 0 Å². The molecule has 1 aromatic heterocycles. The van der Waals surface area contributed by atoms with Gasteiger partial charge in [0.15, 0.2) is 0 Å². The topological polar surface area (TPSA) is 30.0 Å². The molecule has 18 heavy (non-hydrogen) atoms. The Bertz CT molecular complexity index is 563. The minimum absolute atomic E-state index is 0.123. The molecule has 0 aliphatic rings. The summed E-state index contributed by atoms with van der Waals surface area (Å²) in [4.78, 5) is 4.14. The van der Waals surface area contributed by atoms with Crippen LogP contribution in [0.25, 0.3) is 11.3 Å². The maximum atomic E-state index is 13.5. The van der Waals surface area contributed by atoms with Crippen LogP contribution in [-0.4, -0.2) is 14.9 Å². The number of hydrogen-bond acceptors (Lipinski definition) is 3. The van der Waals surface area contributed by atoms with Crippen LogP contribution in [-0.2, 0) is 16.6 Å². The van der Waals surface area contributed by atoms with Crippen LogP contribution in [0.15, 0.2) is 23.6 Å². The normalized spacial score (nSPS) is 12.6. The van der Waals surface area contributed by atoms with Crippen LogP contribution in [0.2, 0.25) is 0 Å². The average molecular weight is 287 g/mol. The highest BCUT2D eigenvalue weighted by atomic mass is 32.2. The smallest absolute Gasteiger partial charge is 0.135 e. The van der Waals surface area contributed by atoms with E-state index in [9.17, 15) is 13.0 Å². The van der Waals surface area contributed by atoms with Crippen molar-refractivity contribution in [3.8, 4) is 11.3 Å². The number of hydrogen-bond donors (Lipinski definition) is 0. The van der Waals surface area contributed by atoms with Crippen molar-refractivity contribution in [1.29, 1.82) is 0 Å². The summed E-state index contributed by atoms with van der Waals surface area (Å²) in [7, 11) is -0.971. The summed E-state index contributed by atoms with van der Waals surface area (Å²) in [6, 6.07) is 3.71. The van der Waals surface area contributed by atoms with E-state index in [2.05, 4.69) is 4.98 Å². The zero-order valence-corrected chi connectivity index (χ0v) is 11.3. The molecule has 0 saturated carbocycles. The molecule has 2 aromatic rings. The Balaban J connectivity index is 2.32. The molecule has 6 heteroatoms. The second kappa shape index (κ2) is 5.67. The van der Waals surface area contributed by atoms with E-state index in [1.165, 1.54) is 29.5 Å². The van der Waals surface area contributed by atoms with Crippen LogP contribution in [0.5, 0.6) is 0 Å². The third-order valence-electron chi connectivity index (χ3n) is 2.38. The first-order valence-corrected chi connectivity index (χ1v) is 7.72. The summed E-state index contributed by atoms with van der Waals surface area (Å²) < 4.78 is 38.5. The van der Waals surface area contributed by atoms with Gasteiger partial charge in [-0.1, -0.05) is 13.0 Å². The zero-order valence-electron chi connectivity index (χ0n) is 9.65. The lowest BCUT2D eigenvalue weighted by Gasteiger charge is -2.00. The van der Waals surface area contributed by atoms with Crippen LogP contribution in [0.4, 0.5) is 8.78 Å². The molecule has 0 spiro atoms. The second-order valence-corrected chi connectivity index (χ2v) is 6.28. The largest absolute Gasteiger partial charge is 0.259 e. The SMILES string of the molecule is CCS(=O)Cc1nc(-c2c(F)cccc2F)cs1. The molecule has 0 aliphatic heterocycles. The first kappa shape index (κ1) is 13.3. The van der Waals surface area contributed by atoms with Gasteiger partial charge in [0.1, 0.15) is 16.6 Å². The van der Waals surface area contributed by atoms with E-state index in [0.29, 0.717) is 16.5 Å². The van der Waals surface area contributed by atoms with Gasteiger partial charge >= 0.3 is 0 Å². The molecular weight excluding hydrogens is 276 g/mol. The number of thiazole rings is 1. The van der Waals surface area contributed by atoms with Crippen LogP contribution >= 0.6 is 11.3 Å². The molecule has 1 unspecified atom stereocenters. The van der Waals surface area contributed by atoms with Gasteiger partial charge in [0.05, 0.1) is 17.0 Å². The van der Waals surface area contributed by atoms with Crippen molar-refractivity contribution < 1.29 is 13.0 Å². The fraction of sp³-hybridized carbons (Fsp3) is 0.250. The lowest BCUT2D eigenvalue weighted by atomic mass is 10.1. The summed E-state index contributed by atoms with van der Waals surface area (Å²) in [5.41, 5.74) is 0.140. The van der Waals surface area contributed by atoms with Crippen LogP contribution in [0.3, 0.4) is 0 Å². The molecule has 0 aliphatic carbocycles. The van der Waals surface area contributed by atoms with Crippen LogP contribution in [0, 0.1) is 11.6 Å². The van der Waals surface area contributed by atoms with Gasteiger partial charge < -0.3 is 0 Å². The van der Waals surface area contributed by atoms with E-state index < -0.39 is 22.4 Å². The first-order chi connectivity index (χ1) is 8.61. The molecule has 1 aromatic carbocycles. The number of halogens is 2. The monoisotopic (exact) mass is 287 g/mol. The highest BCUT2D eigenvalue weighted by molar-refractivity contribution is 7.84. The predicted molar refractivity (Wildman–Crippen MR) is 69.9 cm³/mol. The molecule has 0 amide bonds. The fourth-order valence-corrected chi connectivity index (χ4v) is 3.25. The molecular formula is C12H11F2NOS2. The van der Waals surface area contributed by atoms with Crippen molar-refractivity contribution >= 4 is 22.1 Å². The molecule has 96 valence electrons. The summed E-state index contributed by atoms with van der Waals surface area (Å²) in [6.45, 7) is 1.82. The minimum Gasteiger partial charge on any atom is -0.259 e. The van der Waals surface area contributed by atoms with Crippen LogP contribution in [0.1, 0.15) is 11.9 Å². The molecule has 0 saturated heterocycles. The predicted octanol–water partition coefficient (Wildman–Crippen LogP) is 3.36. The molecule has 0 bridgehead atoms. The Morgan fingerprint density at radius 3 is 2.61 bits per heavy atom. The van der Waals surface area contributed by atoms with Gasteiger partial charge in [-0.2, -0.15) is 0 Å². The Morgan fingerprint density at radius 1 is 1.33 bits per heavy atom. The maximum Gasteiger partial charge on any atom is 0.135 e. The highest BCUT2D eigenvalue weighted by Crippen LogP contribution is 2.27. The number of rotatable bonds is 4. The van der Waals surface area contributed by atoms with Crippen molar-refractivity contribution in [2.75, 3.05) is 5.75 Å². The molecule has 0 N–H and O–H groups in total. The molecule has 1 heterocycles. The standard InChI is InChI=1S/C12H11F2NOS2/c1-2-18(16)7-11-15-10(6-17-11)12-8(13)4-3-5-9(12)14/h3-6H,2,7H2,1H3. The van der Waals surface area contributed by atoms with Gasteiger partial charge in [0.25, 0.3) is 0 Å². The van der Waals surface area contributed by atoms with Gasteiger partial charge in [-0.3, -0.25) is 4.21 Å². The van der Waals surface area contributed by atoms with Crippen molar-refractivity contribution in [3.05, 3.63) is 40.2 Å². The summed E-state index contributed by atoms with van der Waals surface area (Å²) in [5, 5.41) is 2.22. The lowest BCUT2D eigenvalue weighted by Crippen LogP contribution is -1.97. The Labute approximate surface area is 110 Å². The van der Waals surface area contributed by atoms with Gasteiger partial charge in [0.2, 0.25) is 0 Å². The van der Waals surface area contributed by atoms with E-state index in [4.69, 9.17) is 0 Å². The molecule has 1 atom stereocenters. The molecule has 0 radical (unpaired) electrons. The molecule has 0 fully saturated rings. The Kier molecular flexibility index (Phi) is 4.19. The second-order valence-electron chi connectivity index (χ2n) is 3.60. The van der Waals surface area contributed by atoms with Crippen molar-refractivity contribution in [2.45, 2.75) is 12.7 Å². The maximum absolute atomic E-state index is 13.5. The molecule has 2 nitrogen and oxygen atoms in total. The van der Waals surface area contributed by atoms with E-state index in [1.54, 1.807) is 5.38 Å². The Hall–Kier alpha value is -1.14. The van der Waals surface area contributed by atoms with Gasteiger partial charge in [-0.05, 0) is 12.1 Å². The molecule has 2 rings (SSSR count). The number of aromatic nitrogens is 1. The third-order valence-corrected chi connectivity index (χ3v) is 4.65. The Morgan fingerprint density at radius 2 is 2.00 bits per heavy atom. The first-order valence-electron chi connectivity index (χ1n) is 5.35. The van der Waals surface area contributed by atoms with E-state index in [1.807, 2.05) is 6.92 Å². The van der Waals surface area contributed by atoms with E-state index >= 15 is 0 Å². The van der Waals surface area contributed by atoms with Gasteiger partial charge in [-0.25, -0.2) is 13.8 Å². The summed E-state index contributed by atoms with van der Waals surface area (Å²) in [6.07, 6.45) is 0. The highest BCUT2D eigenvalue weighted by Gasteiger charge is 2.14. The van der Waals surface area contributed by atoms with Gasteiger partial charge in [0, 0.05) is 21.9 Å².